The molecule has 144 valence electrons. The minimum atomic E-state index is -0.369. The van der Waals surface area contributed by atoms with Gasteiger partial charge in [-0.3, -0.25) is 14.4 Å². The Hall–Kier alpha value is -2.89. The molecule has 1 heterocycles. The van der Waals surface area contributed by atoms with Crippen LogP contribution in [-0.4, -0.2) is 40.6 Å². The second kappa shape index (κ2) is 9.16. The summed E-state index contributed by atoms with van der Waals surface area (Å²) in [6.07, 6.45) is 0.561. The molecule has 0 aliphatic rings. The van der Waals surface area contributed by atoms with E-state index in [0.717, 1.165) is 5.56 Å². The molecule has 2 amide bonds. The van der Waals surface area contributed by atoms with Crippen molar-refractivity contribution in [2.45, 2.75) is 40.7 Å². The molecule has 1 aromatic carbocycles. The third-order valence-corrected chi connectivity index (χ3v) is 4.57. The number of benzene rings is 1. The highest BCUT2D eigenvalue weighted by Crippen LogP contribution is 2.20. The molecule has 2 rings (SSSR count). The van der Waals surface area contributed by atoms with E-state index in [1.807, 2.05) is 44.2 Å². The first-order valence-corrected chi connectivity index (χ1v) is 9.21. The van der Waals surface area contributed by atoms with Crippen molar-refractivity contribution in [1.29, 1.82) is 0 Å². The van der Waals surface area contributed by atoms with Crippen LogP contribution in [0.25, 0.3) is 0 Å². The van der Waals surface area contributed by atoms with Gasteiger partial charge in [-0.15, -0.1) is 0 Å². The number of carbonyl (C=O) groups excluding carboxylic acids is 3. The Balaban J connectivity index is 2.05. The van der Waals surface area contributed by atoms with Gasteiger partial charge in [-0.1, -0.05) is 37.3 Å². The molecule has 2 aromatic rings. The molecule has 0 bridgehead atoms. The number of amides is 2. The number of likely N-dealkylation sites (N-methyl/N-ethyl adjacent to an activating group) is 1. The number of nitrogens with one attached hydrogen (secondary N) is 2. The zero-order chi connectivity index (χ0) is 20.0. The molecule has 0 atom stereocenters. The molecule has 0 aliphatic heterocycles. The standard InChI is InChI=1S/C21H27N3O3/c1-5-17-19(15(4)25)14(3)23-20(17)21(27)22-12-18(26)24(6-2)13-16-10-8-7-9-11-16/h7-11,23H,5-6,12-13H2,1-4H3,(H,22,27). The number of hydrogen-bond acceptors (Lipinski definition) is 3. The average molecular weight is 369 g/mol. The third-order valence-electron chi connectivity index (χ3n) is 4.57. The average Bonchev–Trinajstić information content (AvgIpc) is 3.01. The zero-order valence-corrected chi connectivity index (χ0v) is 16.4. The van der Waals surface area contributed by atoms with Gasteiger partial charge in [0.2, 0.25) is 5.91 Å². The fourth-order valence-corrected chi connectivity index (χ4v) is 3.24. The summed E-state index contributed by atoms with van der Waals surface area (Å²) < 4.78 is 0. The van der Waals surface area contributed by atoms with Crippen LogP contribution in [0.3, 0.4) is 0 Å². The number of Topliss-reactive ketones (excluding diaryl/α,β-unsaturated/α-hetero) is 1. The number of aryl methyl sites for hydroxylation is 1. The van der Waals surface area contributed by atoms with Gasteiger partial charge in [-0.05, 0) is 38.3 Å². The Kier molecular flexibility index (Phi) is 6.93. The van der Waals surface area contributed by atoms with Gasteiger partial charge in [0.15, 0.2) is 5.78 Å². The largest absolute Gasteiger partial charge is 0.354 e. The van der Waals surface area contributed by atoms with Crippen LogP contribution in [-0.2, 0) is 17.8 Å². The lowest BCUT2D eigenvalue weighted by atomic mass is 10.0. The fraction of sp³-hybridized carbons (Fsp3) is 0.381. The van der Waals surface area contributed by atoms with Crippen LogP contribution in [0.4, 0.5) is 0 Å². The van der Waals surface area contributed by atoms with E-state index in [2.05, 4.69) is 10.3 Å². The van der Waals surface area contributed by atoms with Crippen molar-refractivity contribution >= 4 is 17.6 Å². The highest BCUT2D eigenvalue weighted by molar-refractivity contribution is 6.03. The smallest absolute Gasteiger partial charge is 0.268 e. The molecule has 27 heavy (non-hydrogen) atoms. The maximum atomic E-state index is 12.6. The first-order chi connectivity index (χ1) is 12.9. The molecular weight excluding hydrogens is 342 g/mol. The quantitative estimate of drug-likeness (QED) is 0.702. The monoisotopic (exact) mass is 369 g/mol. The number of H-pyrrole nitrogens is 1. The molecule has 0 unspecified atom stereocenters. The Labute approximate surface area is 160 Å². The molecule has 6 nitrogen and oxygen atoms in total. The van der Waals surface area contributed by atoms with Crippen LogP contribution < -0.4 is 5.32 Å². The van der Waals surface area contributed by atoms with E-state index in [1.54, 1.807) is 11.8 Å². The summed E-state index contributed by atoms with van der Waals surface area (Å²) in [5, 5.41) is 2.68. The van der Waals surface area contributed by atoms with E-state index < -0.39 is 0 Å². The van der Waals surface area contributed by atoms with Gasteiger partial charge >= 0.3 is 0 Å². The predicted octanol–water partition coefficient (Wildman–Crippen LogP) is 2.87. The topological polar surface area (TPSA) is 82.3 Å². The third kappa shape index (κ3) is 4.84. The second-order valence-electron chi connectivity index (χ2n) is 6.46. The van der Waals surface area contributed by atoms with Crippen LogP contribution >= 0.6 is 0 Å². The van der Waals surface area contributed by atoms with Crippen molar-refractivity contribution < 1.29 is 14.4 Å². The lowest BCUT2D eigenvalue weighted by Gasteiger charge is -2.21. The molecule has 0 saturated carbocycles. The lowest BCUT2D eigenvalue weighted by Crippen LogP contribution is -2.40. The maximum absolute atomic E-state index is 12.6. The van der Waals surface area contributed by atoms with Gasteiger partial charge < -0.3 is 15.2 Å². The van der Waals surface area contributed by atoms with Crippen LogP contribution in [0.2, 0.25) is 0 Å². The van der Waals surface area contributed by atoms with Crippen molar-refractivity contribution in [3.8, 4) is 0 Å². The number of aromatic nitrogens is 1. The molecule has 0 spiro atoms. The molecule has 0 aliphatic carbocycles. The minimum Gasteiger partial charge on any atom is -0.354 e. The van der Waals surface area contributed by atoms with Crippen molar-refractivity contribution in [3.63, 3.8) is 0 Å². The van der Waals surface area contributed by atoms with Crippen LogP contribution in [0.15, 0.2) is 30.3 Å². The van der Waals surface area contributed by atoms with Crippen LogP contribution in [0, 0.1) is 6.92 Å². The number of ketones is 1. The van der Waals surface area contributed by atoms with E-state index in [0.29, 0.717) is 42.0 Å². The Morgan fingerprint density at radius 1 is 1.11 bits per heavy atom. The van der Waals surface area contributed by atoms with Crippen LogP contribution in [0.1, 0.15) is 58.4 Å². The Bertz CT molecular complexity index is 825. The van der Waals surface area contributed by atoms with Crippen molar-refractivity contribution in [3.05, 3.63) is 58.4 Å². The summed E-state index contributed by atoms with van der Waals surface area (Å²) in [5.41, 5.74) is 3.34. The minimum absolute atomic E-state index is 0.0734. The number of nitrogens with zero attached hydrogens (tertiary/aromatic N) is 1. The second-order valence-corrected chi connectivity index (χ2v) is 6.46. The summed E-state index contributed by atoms with van der Waals surface area (Å²) in [7, 11) is 0. The molecule has 1 aromatic heterocycles. The Morgan fingerprint density at radius 2 is 1.78 bits per heavy atom. The van der Waals surface area contributed by atoms with Crippen LogP contribution in [0.5, 0.6) is 0 Å². The molecule has 0 saturated heterocycles. The molecule has 6 heteroatoms. The SMILES string of the molecule is CCc1c(C(=O)NCC(=O)N(CC)Cc2ccccc2)[nH]c(C)c1C(C)=O. The first-order valence-electron chi connectivity index (χ1n) is 9.21. The summed E-state index contributed by atoms with van der Waals surface area (Å²) in [6, 6.07) is 9.73. The highest BCUT2D eigenvalue weighted by Gasteiger charge is 2.22. The molecular formula is C21H27N3O3. The number of carbonyl (C=O) groups is 3. The summed E-state index contributed by atoms with van der Waals surface area (Å²) in [6.45, 7) is 8.04. The molecule has 2 N–H and O–H groups in total. The van der Waals surface area contributed by atoms with E-state index in [-0.39, 0.29) is 24.1 Å². The van der Waals surface area contributed by atoms with Crippen molar-refractivity contribution in [2.24, 2.45) is 0 Å². The maximum Gasteiger partial charge on any atom is 0.268 e. The number of rotatable bonds is 8. The summed E-state index contributed by atoms with van der Waals surface area (Å²) in [5.74, 6) is -0.592. The predicted molar refractivity (Wildman–Crippen MR) is 105 cm³/mol. The van der Waals surface area contributed by atoms with Gasteiger partial charge in [-0.25, -0.2) is 0 Å². The first kappa shape index (κ1) is 20.4. The fourth-order valence-electron chi connectivity index (χ4n) is 3.24. The van der Waals surface area contributed by atoms with Gasteiger partial charge in [0.05, 0.1) is 6.54 Å². The zero-order valence-electron chi connectivity index (χ0n) is 16.4. The molecule has 0 fully saturated rings. The number of hydrogen-bond donors (Lipinski definition) is 2. The summed E-state index contributed by atoms with van der Waals surface area (Å²) in [4.78, 5) is 41.6. The number of aromatic amines is 1. The van der Waals surface area contributed by atoms with E-state index >= 15 is 0 Å². The van der Waals surface area contributed by atoms with E-state index in [1.165, 1.54) is 6.92 Å². The highest BCUT2D eigenvalue weighted by atomic mass is 16.2. The van der Waals surface area contributed by atoms with Gasteiger partial charge in [0, 0.05) is 24.3 Å². The van der Waals surface area contributed by atoms with E-state index in [4.69, 9.17) is 0 Å². The summed E-state index contributed by atoms with van der Waals surface area (Å²) >= 11 is 0. The Morgan fingerprint density at radius 3 is 2.33 bits per heavy atom. The van der Waals surface area contributed by atoms with Gasteiger partial charge in [0.1, 0.15) is 5.69 Å². The molecule has 0 radical (unpaired) electrons. The normalized spacial score (nSPS) is 10.5. The lowest BCUT2D eigenvalue weighted by molar-refractivity contribution is -0.130. The van der Waals surface area contributed by atoms with Gasteiger partial charge in [0.25, 0.3) is 5.91 Å². The van der Waals surface area contributed by atoms with Gasteiger partial charge in [-0.2, -0.15) is 0 Å². The van der Waals surface area contributed by atoms with E-state index in [9.17, 15) is 14.4 Å². The van der Waals surface area contributed by atoms with Crippen molar-refractivity contribution in [2.75, 3.05) is 13.1 Å². The van der Waals surface area contributed by atoms with Crippen molar-refractivity contribution in [1.82, 2.24) is 15.2 Å².